The third-order valence-electron chi connectivity index (χ3n) is 3.81. The van der Waals surface area contributed by atoms with Crippen molar-refractivity contribution in [3.63, 3.8) is 0 Å². The van der Waals surface area contributed by atoms with Crippen LogP contribution in [0.25, 0.3) is 10.2 Å². The predicted molar refractivity (Wildman–Crippen MR) is 108 cm³/mol. The number of nitrogens with zero attached hydrogens (tertiary/aromatic N) is 2. The maximum atomic E-state index is 12.7. The van der Waals surface area contributed by atoms with Crippen LogP contribution in [-0.2, 0) is 6.54 Å². The Morgan fingerprint density at radius 3 is 2.63 bits per heavy atom. The van der Waals surface area contributed by atoms with Crippen molar-refractivity contribution in [2.24, 2.45) is 4.99 Å². The van der Waals surface area contributed by atoms with Crippen LogP contribution in [0, 0.1) is 12.3 Å². The highest BCUT2D eigenvalue weighted by molar-refractivity contribution is 7.16. The highest BCUT2D eigenvalue weighted by Gasteiger charge is 2.14. The molecular weight excluding hydrogens is 407 g/mol. The minimum absolute atomic E-state index is 0.206. The van der Waals surface area contributed by atoms with E-state index < -0.39 is 5.91 Å². The zero-order chi connectivity index (χ0) is 19.6. The SMILES string of the molecule is C#CCn1c(=NC(=O)c2ccc(OC)c(OC)c2)sc2ccc(Cl)c(Cl)c21. The Hall–Kier alpha value is -2.46. The molecule has 0 N–H and O–H groups in total. The van der Waals surface area contributed by atoms with Crippen LogP contribution in [0.5, 0.6) is 11.5 Å². The van der Waals surface area contributed by atoms with Crippen molar-refractivity contribution >= 4 is 50.7 Å². The standard InChI is InChI=1S/C19H14Cl2N2O3S/c1-4-9-23-17-15(8-6-12(20)16(17)21)27-19(23)22-18(24)11-5-7-13(25-2)14(10-11)26-3/h1,5-8,10H,9H2,2-3H3. The first-order chi connectivity index (χ1) is 13.0. The van der Waals surface area contributed by atoms with Crippen molar-refractivity contribution in [3.8, 4) is 23.8 Å². The first-order valence-electron chi connectivity index (χ1n) is 7.72. The number of hydrogen-bond acceptors (Lipinski definition) is 4. The summed E-state index contributed by atoms with van der Waals surface area (Å²) in [5.41, 5.74) is 1.02. The van der Waals surface area contributed by atoms with Crippen molar-refractivity contribution in [1.82, 2.24) is 4.57 Å². The predicted octanol–water partition coefficient (Wildman–Crippen LogP) is 4.40. The van der Waals surface area contributed by atoms with E-state index in [1.807, 2.05) is 6.07 Å². The Morgan fingerprint density at radius 2 is 1.96 bits per heavy atom. The fourth-order valence-corrected chi connectivity index (χ4v) is 4.06. The monoisotopic (exact) mass is 420 g/mol. The number of methoxy groups -OCH3 is 2. The minimum atomic E-state index is -0.435. The van der Waals surface area contributed by atoms with Gasteiger partial charge in [0.1, 0.15) is 0 Å². The Bertz CT molecular complexity index is 1140. The Morgan fingerprint density at radius 1 is 1.22 bits per heavy atom. The summed E-state index contributed by atoms with van der Waals surface area (Å²) < 4.78 is 13.0. The molecule has 0 aliphatic carbocycles. The molecule has 0 unspecified atom stereocenters. The molecule has 0 radical (unpaired) electrons. The molecule has 5 nitrogen and oxygen atoms in total. The minimum Gasteiger partial charge on any atom is -0.493 e. The van der Waals surface area contributed by atoms with Crippen LogP contribution in [-0.4, -0.2) is 24.7 Å². The second kappa shape index (κ2) is 8.05. The number of carbonyl (C=O) groups excluding carboxylic acids is 1. The second-order valence-corrected chi connectivity index (χ2v) is 7.16. The molecule has 3 rings (SSSR count). The summed E-state index contributed by atoms with van der Waals surface area (Å²) in [6.07, 6.45) is 5.48. The molecule has 0 aliphatic rings. The van der Waals surface area contributed by atoms with Crippen LogP contribution >= 0.6 is 34.5 Å². The average Bonchev–Trinajstić information content (AvgIpc) is 3.02. The highest BCUT2D eigenvalue weighted by atomic mass is 35.5. The van der Waals surface area contributed by atoms with Gasteiger partial charge in [0, 0.05) is 5.56 Å². The zero-order valence-corrected chi connectivity index (χ0v) is 16.8. The molecule has 0 bridgehead atoms. The van der Waals surface area contributed by atoms with Gasteiger partial charge in [-0.1, -0.05) is 40.5 Å². The Kier molecular flexibility index (Phi) is 5.76. The summed E-state index contributed by atoms with van der Waals surface area (Å²) >= 11 is 13.8. The van der Waals surface area contributed by atoms with E-state index in [9.17, 15) is 4.79 Å². The third-order valence-corrected chi connectivity index (χ3v) is 5.65. The number of terminal acetylenes is 1. The molecule has 0 fully saturated rings. The molecule has 0 atom stereocenters. The van der Waals surface area contributed by atoms with E-state index in [-0.39, 0.29) is 6.54 Å². The molecule has 1 aromatic heterocycles. The maximum Gasteiger partial charge on any atom is 0.279 e. The van der Waals surface area contributed by atoms with E-state index in [1.54, 1.807) is 28.8 Å². The van der Waals surface area contributed by atoms with Gasteiger partial charge in [0.15, 0.2) is 16.3 Å². The van der Waals surface area contributed by atoms with Crippen LogP contribution in [0.3, 0.4) is 0 Å². The lowest BCUT2D eigenvalue weighted by Gasteiger charge is -2.07. The second-order valence-electron chi connectivity index (χ2n) is 5.37. The molecule has 2 aromatic carbocycles. The highest BCUT2D eigenvalue weighted by Crippen LogP contribution is 2.32. The van der Waals surface area contributed by atoms with Gasteiger partial charge in [0.25, 0.3) is 5.91 Å². The van der Waals surface area contributed by atoms with Gasteiger partial charge in [-0.3, -0.25) is 4.79 Å². The van der Waals surface area contributed by atoms with Crippen LogP contribution in [0.4, 0.5) is 0 Å². The van der Waals surface area contributed by atoms with Crippen molar-refractivity contribution in [3.05, 3.63) is 50.7 Å². The van der Waals surface area contributed by atoms with Gasteiger partial charge in [-0.2, -0.15) is 4.99 Å². The molecule has 0 saturated heterocycles. The zero-order valence-electron chi connectivity index (χ0n) is 14.5. The lowest BCUT2D eigenvalue weighted by atomic mass is 10.2. The number of ether oxygens (including phenoxy) is 2. The quantitative estimate of drug-likeness (QED) is 0.587. The van der Waals surface area contributed by atoms with E-state index >= 15 is 0 Å². The number of rotatable bonds is 4. The number of thiazole rings is 1. The van der Waals surface area contributed by atoms with Gasteiger partial charge in [-0.05, 0) is 30.3 Å². The third kappa shape index (κ3) is 3.67. The number of benzene rings is 2. The van der Waals surface area contributed by atoms with Crippen LogP contribution in [0.2, 0.25) is 10.0 Å². The molecule has 0 saturated carbocycles. The summed E-state index contributed by atoms with van der Waals surface area (Å²) in [5, 5.41) is 0.784. The van der Waals surface area contributed by atoms with Gasteiger partial charge in [0.05, 0.1) is 41.0 Å². The van der Waals surface area contributed by atoms with Crippen LogP contribution in [0.1, 0.15) is 10.4 Å². The molecule has 8 heteroatoms. The topological polar surface area (TPSA) is 52.8 Å². The van der Waals surface area contributed by atoms with Crippen LogP contribution < -0.4 is 14.3 Å². The summed E-state index contributed by atoms with van der Waals surface area (Å²) in [6, 6.07) is 8.37. The van der Waals surface area contributed by atoms with Crippen molar-refractivity contribution < 1.29 is 14.3 Å². The smallest absolute Gasteiger partial charge is 0.279 e. The van der Waals surface area contributed by atoms with Gasteiger partial charge in [0.2, 0.25) is 0 Å². The number of hydrogen-bond donors (Lipinski definition) is 0. The van der Waals surface area contributed by atoms with E-state index in [0.29, 0.717) is 37.4 Å². The van der Waals surface area contributed by atoms with Gasteiger partial charge >= 0.3 is 0 Å². The number of halogens is 2. The molecule has 1 amide bonds. The van der Waals surface area contributed by atoms with Gasteiger partial charge in [-0.15, -0.1) is 6.42 Å². The van der Waals surface area contributed by atoms with Crippen molar-refractivity contribution in [2.45, 2.75) is 6.54 Å². The lowest BCUT2D eigenvalue weighted by Crippen LogP contribution is -2.16. The molecule has 1 heterocycles. The molecule has 3 aromatic rings. The molecule has 27 heavy (non-hydrogen) atoms. The summed E-state index contributed by atoms with van der Waals surface area (Å²) in [6.45, 7) is 0.206. The van der Waals surface area contributed by atoms with Gasteiger partial charge < -0.3 is 14.0 Å². The summed E-state index contributed by atoms with van der Waals surface area (Å²) in [5.74, 6) is 3.09. The fourth-order valence-electron chi connectivity index (χ4n) is 2.55. The van der Waals surface area contributed by atoms with Gasteiger partial charge in [-0.25, -0.2) is 0 Å². The molecular formula is C19H14Cl2N2O3S. The fraction of sp³-hybridized carbons (Fsp3) is 0.158. The van der Waals surface area contributed by atoms with E-state index in [4.69, 9.17) is 39.1 Å². The van der Waals surface area contributed by atoms with Crippen molar-refractivity contribution in [2.75, 3.05) is 14.2 Å². The van der Waals surface area contributed by atoms with Crippen LogP contribution in [0.15, 0.2) is 35.3 Å². The Labute approximate surface area is 169 Å². The van der Waals surface area contributed by atoms with E-state index in [0.717, 1.165) is 4.70 Å². The lowest BCUT2D eigenvalue weighted by molar-refractivity contribution is 0.0997. The normalized spacial score (nSPS) is 11.4. The number of fused-ring (bicyclic) bond motifs is 1. The molecule has 0 aliphatic heterocycles. The first kappa shape index (κ1) is 19.3. The van der Waals surface area contributed by atoms with Crippen molar-refractivity contribution in [1.29, 1.82) is 0 Å². The first-order valence-corrected chi connectivity index (χ1v) is 9.29. The largest absolute Gasteiger partial charge is 0.493 e. The average molecular weight is 421 g/mol. The van der Waals surface area contributed by atoms with E-state index in [1.165, 1.54) is 25.6 Å². The summed E-state index contributed by atoms with van der Waals surface area (Å²) in [4.78, 5) is 17.4. The van der Waals surface area contributed by atoms with E-state index in [2.05, 4.69) is 10.9 Å². The molecule has 0 spiro atoms. The number of amides is 1. The number of aromatic nitrogens is 1. The summed E-state index contributed by atoms with van der Waals surface area (Å²) in [7, 11) is 3.03. The Balaban J connectivity index is 2.16. The maximum absolute atomic E-state index is 12.7. The number of carbonyl (C=O) groups is 1. The molecule has 138 valence electrons.